The van der Waals surface area contributed by atoms with E-state index in [1.54, 1.807) is 6.07 Å². The third-order valence-corrected chi connectivity index (χ3v) is 7.41. The summed E-state index contributed by atoms with van der Waals surface area (Å²) in [6.07, 6.45) is -2.66. The Bertz CT molecular complexity index is 822. The van der Waals surface area contributed by atoms with Crippen molar-refractivity contribution in [2.45, 2.75) is 42.7 Å². The average molecular weight is 569 g/mol. The van der Waals surface area contributed by atoms with Gasteiger partial charge in [0.05, 0.1) is 0 Å². The van der Waals surface area contributed by atoms with Gasteiger partial charge >= 0.3 is 6.18 Å². The van der Waals surface area contributed by atoms with E-state index in [-0.39, 0.29) is 31.2 Å². The monoisotopic (exact) mass is 569 g/mol. The summed E-state index contributed by atoms with van der Waals surface area (Å²) in [5, 5.41) is 5.35. The summed E-state index contributed by atoms with van der Waals surface area (Å²) in [5.41, 5.74) is -1.13. The number of nitrogens with zero attached hydrogens (tertiary/aromatic N) is 1. The Hall–Kier alpha value is -1.43. The Morgan fingerprint density at radius 1 is 1.12 bits per heavy atom. The molecule has 0 unspecified atom stereocenters. The second-order valence-corrected chi connectivity index (χ2v) is 9.43. The zero-order valence-electron chi connectivity index (χ0n) is 17.7. The summed E-state index contributed by atoms with van der Waals surface area (Å²) < 4.78 is 53.9. The fraction of sp³-hybridized carbons (Fsp3) is 0.636. The van der Waals surface area contributed by atoms with Gasteiger partial charge in [0.1, 0.15) is 11.2 Å². The van der Waals surface area contributed by atoms with E-state index in [0.29, 0.717) is 29.5 Å². The van der Waals surface area contributed by atoms with Gasteiger partial charge in [-0.15, -0.1) is 0 Å². The number of alkyl halides is 4. The molecular weight excluding hydrogens is 541 g/mol. The summed E-state index contributed by atoms with van der Waals surface area (Å²) >= 11 is 2.12. The Balaban J connectivity index is 1.36. The van der Waals surface area contributed by atoms with Gasteiger partial charge in [0.15, 0.2) is 0 Å². The Labute approximate surface area is 198 Å². The van der Waals surface area contributed by atoms with Crippen LogP contribution in [0.5, 0.6) is 0 Å². The first-order valence-corrected chi connectivity index (χ1v) is 12.4. The molecule has 2 amide bonds. The highest BCUT2D eigenvalue weighted by atomic mass is 127. The number of benzene rings is 1. The molecule has 0 atom stereocenters. The molecule has 178 valence electrons. The van der Waals surface area contributed by atoms with Crippen LogP contribution in [0.4, 0.5) is 17.6 Å². The zero-order valence-corrected chi connectivity index (χ0v) is 19.9. The van der Waals surface area contributed by atoms with E-state index in [2.05, 4.69) is 38.1 Å². The van der Waals surface area contributed by atoms with E-state index in [0.717, 1.165) is 31.5 Å². The van der Waals surface area contributed by atoms with Crippen molar-refractivity contribution in [1.82, 2.24) is 15.5 Å². The molecule has 1 aliphatic heterocycles. The maximum atomic E-state index is 13.6. The predicted octanol–water partition coefficient (Wildman–Crippen LogP) is 4.05. The molecule has 2 fully saturated rings. The molecule has 5 nitrogen and oxygen atoms in total. The van der Waals surface area contributed by atoms with Crippen molar-refractivity contribution in [2.75, 3.05) is 32.7 Å². The van der Waals surface area contributed by atoms with Crippen molar-refractivity contribution in [3.8, 4) is 0 Å². The highest BCUT2D eigenvalue weighted by molar-refractivity contribution is 14.1. The molecule has 10 heteroatoms. The van der Waals surface area contributed by atoms with Crippen molar-refractivity contribution < 1.29 is 27.2 Å². The van der Waals surface area contributed by atoms with Gasteiger partial charge in [-0.1, -0.05) is 29.0 Å². The first kappa shape index (κ1) is 25.2. The number of hydrogen-bond donors (Lipinski definition) is 2. The van der Waals surface area contributed by atoms with Crippen LogP contribution in [0.3, 0.4) is 0 Å². The highest BCUT2D eigenvalue weighted by Crippen LogP contribution is 2.53. The summed E-state index contributed by atoms with van der Waals surface area (Å²) in [7, 11) is 0. The summed E-state index contributed by atoms with van der Waals surface area (Å²) in [6, 6.07) is 4.33. The normalized spacial score (nSPS) is 19.3. The zero-order chi connectivity index (χ0) is 23.4. The molecule has 3 rings (SSSR count). The number of carbonyl (C=O) groups excluding carboxylic acids is 2. The number of amides is 2. The number of halogens is 5. The van der Waals surface area contributed by atoms with E-state index in [1.807, 2.05) is 0 Å². The molecule has 2 aliphatic rings. The predicted molar refractivity (Wildman–Crippen MR) is 121 cm³/mol. The van der Waals surface area contributed by atoms with Gasteiger partial charge in [-0.05, 0) is 68.5 Å². The lowest BCUT2D eigenvalue weighted by Crippen LogP contribution is -2.55. The van der Waals surface area contributed by atoms with Crippen molar-refractivity contribution in [3.63, 3.8) is 0 Å². The molecule has 0 spiro atoms. The second kappa shape index (κ2) is 10.7. The molecule has 0 bridgehead atoms. The number of nitrogens with one attached hydrogen (secondary N) is 2. The third kappa shape index (κ3) is 5.92. The number of piperidine rings is 1. The minimum Gasteiger partial charge on any atom is -0.354 e. The number of hydrogen-bond acceptors (Lipinski definition) is 3. The Morgan fingerprint density at radius 2 is 1.81 bits per heavy atom. The molecule has 1 aromatic rings. The smallest absolute Gasteiger partial charge is 0.354 e. The fourth-order valence-corrected chi connectivity index (χ4v) is 4.72. The van der Waals surface area contributed by atoms with E-state index in [9.17, 15) is 27.2 Å². The van der Waals surface area contributed by atoms with Crippen molar-refractivity contribution in [2.24, 2.45) is 11.3 Å². The number of rotatable bonds is 8. The number of likely N-dealkylation sites (tertiary alicyclic amines) is 1. The molecule has 0 radical (unpaired) electrons. The van der Waals surface area contributed by atoms with Crippen LogP contribution in [0.2, 0.25) is 0 Å². The van der Waals surface area contributed by atoms with Crippen LogP contribution in [0, 0.1) is 17.2 Å². The van der Waals surface area contributed by atoms with Gasteiger partial charge in [-0.3, -0.25) is 9.59 Å². The Morgan fingerprint density at radius 3 is 2.38 bits per heavy atom. The van der Waals surface area contributed by atoms with E-state index < -0.39 is 23.3 Å². The molecule has 1 aromatic carbocycles. The van der Waals surface area contributed by atoms with Gasteiger partial charge in [0, 0.05) is 29.6 Å². The Kier molecular flexibility index (Phi) is 8.40. The minimum atomic E-state index is -4.50. The van der Waals surface area contributed by atoms with E-state index in [4.69, 9.17) is 0 Å². The topological polar surface area (TPSA) is 61.4 Å². The molecule has 0 aromatic heterocycles. The summed E-state index contributed by atoms with van der Waals surface area (Å²) in [4.78, 5) is 26.6. The van der Waals surface area contributed by atoms with Gasteiger partial charge in [0.25, 0.3) is 5.91 Å². The molecule has 2 N–H and O–H groups in total. The minimum absolute atomic E-state index is 0.131. The largest absolute Gasteiger partial charge is 0.403 e. The van der Waals surface area contributed by atoms with Gasteiger partial charge < -0.3 is 15.5 Å². The van der Waals surface area contributed by atoms with Crippen LogP contribution in [-0.2, 0) is 9.22 Å². The van der Waals surface area contributed by atoms with E-state index in [1.165, 1.54) is 12.1 Å². The van der Waals surface area contributed by atoms with Gasteiger partial charge in [-0.2, -0.15) is 13.2 Å². The van der Waals surface area contributed by atoms with Crippen LogP contribution < -0.4 is 10.6 Å². The molecule has 1 saturated heterocycles. The van der Waals surface area contributed by atoms with Crippen molar-refractivity contribution in [3.05, 3.63) is 35.1 Å². The van der Waals surface area contributed by atoms with E-state index >= 15 is 0 Å². The maximum Gasteiger partial charge on any atom is 0.403 e. The number of carbonyl (C=O) groups is 2. The molecular formula is C22H28F4IN3O2. The van der Waals surface area contributed by atoms with Gasteiger partial charge in [0.2, 0.25) is 5.91 Å². The van der Waals surface area contributed by atoms with Crippen LogP contribution in [0.1, 0.15) is 48.0 Å². The highest BCUT2D eigenvalue weighted by Gasteiger charge is 2.63. The standard InChI is InChI=1S/C22H28F4IN3O2/c23-18-11-16(13-27)10-17(12-18)19(31)29-14-15-2-7-30(8-3-15)9-6-28-20(32)21(4-1-5-21)22(24,25)26/h10-12,15H,1-9,13-14H2,(H,28,32)(H,29,31). The lowest BCUT2D eigenvalue weighted by atomic mass is 9.67. The maximum absolute atomic E-state index is 13.6. The first-order chi connectivity index (χ1) is 15.1. The molecule has 32 heavy (non-hydrogen) atoms. The second-order valence-electron chi connectivity index (χ2n) is 8.67. The fourth-order valence-electron chi connectivity index (χ4n) is 4.28. The summed E-state index contributed by atoms with van der Waals surface area (Å²) in [5.74, 6) is -1.35. The SMILES string of the molecule is O=C(NCC1CCN(CCNC(=O)C2(C(F)(F)F)CCC2)CC1)c1cc(F)cc(CI)c1. The van der Waals surface area contributed by atoms with Crippen LogP contribution in [0.25, 0.3) is 0 Å². The van der Waals surface area contributed by atoms with Crippen LogP contribution >= 0.6 is 22.6 Å². The van der Waals surface area contributed by atoms with Crippen molar-refractivity contribution >= 4 is 34.4 Å². The quantitative estimate of drug-likeness (QED) is 0.282. The summed E-state index contributed by atoms with van der Waals surface area (Å²) in [6.45, 7) is 2.69. The lowest BCUT2D eigenvalue weighted by molar-refractivity contribution is -0.243. The first-order valence-electron chi connectivity index (χ1n) is 10.9. The van der Waals surface area contributed by atoms with Crippen molar-refractivity contribution in [1.29, 1.82) is 0 Å². The lowest BCUT2D eigenvalue weighted by Gasteiger charge is -2.41. The molecule has 1 saturated carbocycles. The molecule has 1 aliphatic carbocycles. The van der Waals surface area contributed by atoms with Crippen LogP contribution in [0.15, 0.2) is 18.2 Å². The van der Waals surface area contributed by atoms with Crippen LogP contribution in [-0.4, -0.2) is 55.6 Å². The third-order valence-electron chi connectivity index (χ3n) is 6.53. The van der Waals surface area contributed by atoms with Gasteiger partial charge in [-0.25, -0.2) is 4.39 Å². The molecule has 1 heterocycles. The average Bonchev–Trinajstić information content (AvgIpc) is 2.70.